The summed E-state index contributed by atoms with van der Waals surface area (Å²) in [7, 11) is 0. The first kappa shape index (κ1) is 14.1. The summed E-state index contributed by atoms with van der Waals surface area (Å²) >= 11 is 1.98. The quantitative estimate of drug-likeness (QED) is 0.777. The number of carbonyl (C=O) groups excluding carboxylic acids is 1. The third-order valence-electron chi connectivity index (χ3n) is 3.25. The first-order valence-electron chi connectivity index (χ1n) is 5.87. The second kappa shape index (κ2) is 6.72. The van der Waals surface area contributed by atoms with Crippen LogP contribution in [0.2, 0.25) is 0 Å². The van der Waals surface area contributed by atoms with Gasteiger partial charge in [0.1, 0.15) is 0 Å². The van der Waals surface area contributed by atoms with E-state index in [4.69, 9.17) is 0 Å². The fourth-order valence-electron chi connectivity index (χ4n) is 2.34. The summed E-state index contributed by atoms with van der Waals surface area (Å²) in [5, 5.41) is 3.37. The lowest BCUT2D eigenvalue weighted by Gasteiger charge is -2.35. The van der Waals surface area contributed by atoms with E-state index in [1.807, 2.05) is 11.8 Å². The van der Waals surface area contributed by atoms with E-state index in [2.05, 4.69) is 17.1 Å². The van der Waals surface area contributed by atoms with Gasteiger partial charge in [-0.15, -0.1) is 12.4 Å². The lowest BCUT2D eigenvalue weighted by molar-refractivity contribution is -0.136. The Balaban J connectivity index is 0.00000128. The summed E-state index contributed by atoms with van der Waals surface area (Å²) in [4.78, 5) is 14.2. The van der Waals surface area contributed by atoms with Crippen molar-refractivity contribution in [1.29, 1.82) is 0 Å². The van der Waals surface area contributed by atoms with Gasteiger partial charge < -0.3 is 10.2 Å². The Morgan fingerprint density at radius 1 is 1.38 bits per heavy atom. The van der Waals surface area contributed by atoms with Gasteiger partial charge in [-0.25, -0.2) is 0 Å². The van der Waals surface area contributed by atoms with E-state index in [0.717, 1.165) is 44.0 Å². The molecule has 2 saturated heterocycles. The number of carbonyl (C=O) groups is 1. The molecule has 0 aromatic heterocycles. The molecule has 1 N–H and O–H groups in total. The molecule has 0 aliphatic carbocycles. The van der Waals surface area contributed by atoms with Crippen LogP contribution in [0.5, 0.6) is 0 Å². The van der Waals surface area contributed by atoms with E-state index in [-0.39, 0.29) is 12.4 Å². The zero-order valence-electron chi connectivity index (χ0n) is 9.78. The zero-order chi connectivity index (χ0) is 10.7. The van der Waals surface area contributed by atoms with E-state index in [1.54, 1.807) is 0 Å². The van der Waals surface area contributed by atoms with Crippen LogP contribution in [0.1, 0.15) is 19.8 Å². The van der Waals surface area contributed by atoms with Crippen LogP contribution >= 0.6 is 24.2 Å². The second-order valence-electron chi connectivity index (χ2n) is 4.53. The number of hydrogen-bond acceptors (Lipinski definition) is 3. The predicted octanol–water partition coefficient (Wildman–Crippen LogP) is 1.37. The van der Waals surface area contributed by atoms with Crippen LogP contribution in [0.25, 0.3) is 0 Å². The van der Waals surface area contributed by atoms with Crippen LogP contribution in [0.15, 0.2) is 0 Å². The molecular formula is C11H21ClN2OS. The first-order chi connectivity index (χ1) is 7.27. The van der Waals surface area contributed by atoms with Crippen LogP contribution in [-0.2, 0) is 4.79 Å². The van der Waals surface area contributed by atoms with Gasteiger partial charge in [0.2, 0.25) is 5.91 Å². The minimum absolute atomic E-state index is 0. The molecule has 1 amide bonds. The maximum Gasteiger partial charge on any atom is 0.225 e. The molecule has 0 aromatic carbocycles. The first-order valence-corrected chi connectivity index (χ1v) is 7.03. The minimum Gasteiger partial charge on any atom is -0.340 e. The van der Waals surface area contributed by atoms with Gasteiger partial charge in [-0.1, -0.05) is 0 Å². The Labute approximate surface area is 108 Å². The van der Waals surface area contributed by atoms with E-state index in [1.165, 1.54) is 0 Å². The highest BCUT2D eigenvalue weighted by atomic mass is 35.5. The number of hydrogen-bond donors (Lipinski definition) is 1. The summed E-state index contributed by atoms with van der Waals surface area (Å²) in [6, 6.07) is 0.459. The van der Waals surface area contributed by atoms with Gasteiger partial charge in [0.25, 0.3) is 0 Å². The Hall–Kier alpha value is 0.0700. The third kappa shape index (κ3) is 3.54. The van der Waals surface area contributed by atoms with Crippen molar-refractivity contribution in [3.8, 4) is 0 Å². The minimum atomic E-state index is 0. The molecule has 0 radical (unpaired) electrons. The SMILES string of the molecule is C[C@H]1CN(C(=O)C2CCSCC2)CCN1.Cl. The van der Waals surface area contributed by atoms with Crippen molar-refractivity contribution in [2.24, 2.45) is 5.92 Å². The Bertz CT molecular complexity index is 234. The van der Waals surface area contributed by atoms with Gasteiger partial charge >= 0.3 is 0 Å². The highest BCUT2D eigenvalue weighted by Gasteiger charge is 2.28. The molecule has 0 saturated carbocycles. The average molecular weight is 265 g/mol. The Kier molecular flexibility index (Phi) is 5.94. The number of halogens is 1. The highest BCUT2D eigenvalue weighted by Crippen LogP contribution is 2.24. The van der Waals surface area contributed by atoms with Crippen LogP contribution in [0.3, 0.4) is 0 Å². The normalized spacial score (nSPS) is 27.3. The molecule has 2 fully saturated rings. The molecule has 2 rings (SSSR count). The maximum absolute atomic E-state index is 12.2. The molecule has 2 heterocycles. The molecule has 1 atom stereocenters. The van der Waals surface area contributed by atoms with Crippen molar-refractivity contribution < 1.29 is 4.79 Å². The van der Waals surface area contributed by atoms with Gasteiger partial charge in [-0.2, -0.15) is 11.8 Å². The third-order valence-corrected chi connectivity index (χ3v) is 4.30. The molecule has 0 bridgehead atoms. The molecule has 0 spiro atoms. The Morgan fingerprint density at radius 3 is 2.69 bits per heavy atom. The summed E-state index contributed by atoms with van der Waals surface area (Å²) < 4.78 is 0. The molecule has 16 heavy (non-hydrogen) atoms. The fraction of sp³-hybridized carbons (Fsp3) is 0.909. The van der Waals surface area contributed by atoms with E-state index in [0.29, 0.717) is 17.9 Å². The monoisotopic (exact) mass is 264 g/mol. The van der Waals surface area contributed by atoms with Crippen LogP contribution < -0.4 is 5.32 Å². The molecule has 2 aliphatic rings. The van der Waals surface area contributed by atoms with Crippen molar-refractivity contribution in [2.45, 2.75) is 25.8 Å². The van der Waals surface area contributed by atoms with Crippen molar-refractivity contribution in [3.63, 3.8) is 0 Å². The van der Waals surface area contributed by atoms with Gasteiger partial charge in [0.05, 0.1) is 0 Å². The molecule has 94 valence electrons. The standard InChI is InChI=1S/C11H20N2OS.ClH/c1-9-8-13(5-4-12-9)11(14)10-2-6-15-7-3-10;/h9-10,12H,2-8H2,1H3;1H/t9-;/m0./s1. The van der Waals surface area contributed by atoms with Crippen LogP contribution in [0.4, 0.5) is 0 Å². The highest BCUT2D eigenvalue weighted by molar-refractivity contribution is 7.99. The zero-order valence-corrected chi connectivity index (χ0v) is 11.4. The Morgan fingerprint density at radius 2 is 2.06 bits per heavy atom. The number of piperazine rings is 1. The lowest BCUT2D eigenvalue weighted by Crippen LogP contribution is -2.53. The van der Waals surface area contributed by atoms with Gasteiger partial charge in [-0.05, 0) is 31.3 Å². The lowest BCUT2D eigenvalue weighted by atomic mass is 10.0. The number of thioether (sulfide) groups is 1. The number of nitrogens with one attached hydrogen (secondary N) is 1. The maximum atomic E-state index is 12.2. The smallest absolute Gasteiger partial charge is 0.225 e. The summed E-state index contributed by atoms with van der Waals surface area (Å²) in [6.45, 7) is 4.89. The predicted molar refractivity (Wildman–Crippen MR) is 71.3 cm³/mol. The topological polar surface area (TPSA) is 32.3 Å². The van der Waals surface area contributed by atoms with Crippen LogP contribution in [-0.4, -0.2) is 48.0 Å². The average Bonchev–Trinajstić information content (AvgIpc) is 2.29. The second-order valence-corrected chi connectivity index (χ2v) is 5.75. The largest absolute Gasteiger partial charge is 0.340 e. The van der Waals surface area contributed by atoms with Crippen molar-refractivity contribution in [2.75, 3.05) is 31.1 Å². The molecule has 2 aliphatic heterocycles. The summed E-state index contributed by atoms with van der Waals surface area (Å²) in [5.74, 6) is 3.05. The van der Waals surface area contributed by atoms with E-state index in [9.17, 15) is 4.79 Å². The van der Waals surface area contributed by atoms with E-state index >= 15 is 0 Å². The van der Waals surface area contributed by atoms with Crippen LogP contribution in [0, 0.1) is 5.92 Å². The summed E-state index contributed by atoms with van der Waals surface area (Å²) in [5.41, 5.74) is 0. The number of rotatable bonds is 1. The molecule has 5 heteroatoms. The molecule has 0 aromatic rings. The molecule has 0 unspecified atom stereocenters. The van der Waals surface area contributed by atoms with Crippen molar-refractivity contribution >= 4 is 30.1 Å². The van der Waals surface area contributed by atoms with Crippen molar-refractivity contribution in [3.05, 3.63) is 0 Å². The number of amides is 1. The number of nitrogens with zero attached hydrogens (tertiary/aromatic N) is 1. The van der Waals surface area contributed by atoms with Crippen molar-refractivity contribution in [1.82, 2.24) is 10.2 Å². The molecular weight excluding hydrogens is 244 g/mol. The summed E-state index contributed by atoms with van der Waals surface area (Å²) in [6.07, 6.45) is 2.17. The van der Waals surface area contributed by atoms with Gasteiger partial charge in [-0.3, -0.25) is 4.79 Å². The van der Waals surface area contributed by atoms with Gasteiger partial charge in [0.15, 0.2) is 0 Å². The van der Waals surface area contributed by atoms with E-state index < -0.39 is 0 Å². The fourth-order valence-corrected chi connectivity index (χ4v) is 3.44. The molecule has 3 nitrogen and oxygen atoms in total. The van der Waals surface area contributed by atoms with Gasteiger partial charge in [0, 0.05) is 31.6 Å².